The highest BCUT2D eigenvalue weighted by atomic mass is 79.9. The van der Waals surface area contributed by atoms with Crippen molar-refractivity contribution in [3.8, 4) is 11.3 Å². The van der Waals surface area contributed by atoms with Gasteiger partial charge in [-0.05, 0) is 34.1 Å². The number of hydrogen-bond acceptors (Lipinski definition) is 3. The van der Waals surface area contributed by atoms with Crippen LogP contribution in [-0.2, 0) is 0 Å². The molecule has 0 bridgehead atoms. The van der Waals surface area contributed by atoms with Gasteiger partial charge in [0.15, 0.2) is 0 Å². The zero-order chi connectivity index (χ0) is 9.26. The predicted molar refractivity (Wildman–Crippen MR) is 50.4 cm³/mol. The molecule has 0 aliphatic rings. The van der Waals surface area contributed by atoms with E-state index in [2.05, 4.69) is 15.9 Å². The minimum atomic E-state index is -0.404. The highest BCUT2D eigenvalue weighted by Crippen LogP contribution is 2.19. The molecule has 66 valence electrons. The lowest BCUT2D eigenvalue weighted by atomic mass is 10.2. The Morgan fingerprint density at radius 1 is 1.31 bits per heavy atom. The van der Waals surface area contributed by atoms with Gasteiger partial charge in [-0.1, -0.05) is 0 Å². The van der Waals surface area contributed by atoms with Gasteiger partial charge in [-0.15, -0.1) is 0 Å². The van der Waals surface area contributed by atoms with Gasteiger partial charge < -0.3 is 8.83 Å². The van der Waals surface area contributed by atoms with Crippen molar-refractivity contribution in [2.45, 2.75) is 0 Å². The van der Waals surface area contributed by atoms with E-state index in [9.17, 15) is 4.79 Å². The van der Waals surface area contributed by atoms with E-state index in [-0.39, 0.29) is 0 Å². The molecule has 2 aromatic rings. The smallest absolute Gasteiger partial charge is 0.346 e. The third-order valence-electron chi connectivity index (χ3n) is 1.57. The largest absolute Gasteiger partial charge is 0.464 e. The van der Waals surface area contributed by atoms with Gasteiger partial charge in [0.2, 0.25) is 0 Å². The molecule has 13 heavy (non-hydrogen) atoms. The molecule has 0 saturated carbocycles. The molecule has 4 heteroatoms. The molecule has 0 aliphatic carbocycles. The third-order valence-corrected chi connectivity index (χ3v) is 1.98. The van der Waals surface area contributed by atoms with E-state index in [0.717, 1.165) is 0 Å². The van der Waals surface area contributed by atoms with E-state index >= 15 is 0 Å². The van der Waals surface area contributed by atoms with Crippen molar-refractivity contribution in [3.63, 3.8) is 0 Å². The number of halogens is 1. The van der Waals surface area contributed by atoms with Crippen molar-refractivity contribution < 1.29 is 8.83 Å². The molecule has 2 heterocycles. The topological polar surface area (TPSA) is 43.4 Å². The second-order valence-corrected chi connectivity index (χ2v) is 3.36. The summed E-state index contributed by atoms with van der Waals surface area (Å²) >= 11 is 3.21. The minimum absolute atomic E-state index is 0.404. The lowest BCUT2D eigenvalue weighted by Gasteiger charge is -1.94. The Morgan fingerprint density at radius 2 is 2.15 bits per heavy atom. The van der Waals surface area contributed by atoms with Crippen LogP contribution in [0, 0.1) is 0 Å². The highest BCUT2D eigenvalue weighted by molar-refractivity contribution is 9.10. The molecule has 0 saturated heterocycles. The van der Waals surface area contributed by atoms with E-state index in [1.54, 1.807) is 18.2 Å². The molecule has 0 unspecified atom stereocenters. The van der Waals surface area contributed by atoms with Gasteiger partial charge in [0.05, 0.1) is 10.7 Å². The van der Waals surface area contributed by atoms with Crippen LogP contribution in [0.4, 0.5) is 0 Å². The van der Waals surface area contributed by atoms with Gasteiger partial charge in [-0.3, -0.25) is 0 Å². The lowest BCUT2D eigenvalue weighted by Crippen LogP contribution is -2.00. The van der Waals surface area contributed by atoms with Crippen LogP contribution in [0.5, 0.6) is 0 Å². The van der Waals surface area contributed by atoms with Crippen LogP contribution in [0.15, 0.2) is 48.8 Å². The zero-order valence-corrected chi connectivity index (χ0v) is 8.08. The average Bonchev–Trinajstić information content (AvgIpc) is 2.61. The summed E-state index contributed by atoms with van der Waals surface area (Å²) in [4.78, 5) is 11.2. The molecule has 2 rings (SSSR count). The van der Waals surface area contributed by atoms with Crippen molar-refractivity contribution in [1.29, 1.82) is 0 Å². The first-order valence-corrected chi connectivity index (χ1v) is 4.39. The molecule has 0 aliphatic heterocycles. The maximum atomic E-state index is 11.2. The summed E-state index contributed by atoms with van der Waals surface area (Å²) in [5.41, 5.74) is 0.0116. The van der Waals surface area contributed by atoms with Crippen molar-refractivity contribution >= 4 is 15.9 Å². The first-order valence-electron chi connectivity index (χ1n) is 3.59. The number of furan rings is 1. The Morgan fingerprint density at radius 3 is 2.85 bits per heavy atom. The zero-order valence-electron chi connectivity index (χ0n) is 6.49. The predicted octanol–water partition coefficient (Wildman–Crippen LogP) is 2.66. The molecule has 0 radical (unpaired) electrons. The standard InChI is InChI=1S/C9H5BrO3/c10-6-4-7(9(11)13-5-6)8-2-1-3-12-8/h1-5H. The number of hydrogen-bond donors (Lipinski definition) is 0. The maximum absolute atomic E-state index is 11.2. The van der Waals surface area contributed by atoms with Crippen LogP contribution in [-0.4, -0.2) is 0 Å². The monoisotopic (exact) mass is 240 g/mol. The van der Waals surface area contributed by atoms with Crippen LogP contribution in [0.3, 0.4) is 0 Å². The van der Waals surface area contributed by atoms with Gasteiger partial charge in [0.25, 0.3) is 0 Å². The fourth-order valence-electron chi connectivity index (χ4n) is 1.01. The first kappa shape index (κ1) is 8.31. The molecule has 0 fully saturated rings. The molecule has 3 nitrogen and oxygen atoms in total. The summed E-state index contributed by atoms with van der Waals surface area (Å²) < 4.78 is 10.5. The van der Waals surface area contributed by atoms with E-state index < -0.39 is 5.63 Å². The van der Waals surface area contributed by atoms with Gasteiger partial charge in [0.1, 0.15) is 17.6 Å². The Balaban J connectivity index is 2.64. The van der Waals surface area contributed by atoms with E-state index in [0.29, 0.717) is 15.8 Å². The van der Waals surface area contributed by atoms with Crippen molar-refractivity contribution in [2.75, 3.05) is 0 Å². The Hall–Kier alpha value is -1.29. The summed E-state index contributed by atoms with van der Waals surface area (Å²) in [6.07, 6.45) is 2.85. The van der Waals surface area contributed by atoms with Crippen LogP contribution >= 0.6 is 15.9 Å². The van der Waals surface area contributed by atoms with Crippen LogP contribution in [0.2, 0.25) is 0 Å². The molecular weight excluding hydrogens is 236 g/mol. The van der Waals surface area contributed by atoms with Crippen LogP contribution < -0.4 is 5.63 Å². The maximum Gasteiger partial charge on any atom is 0.346 e. The average molecular weight is 241 g/mol. The second-order valence-electron chi connectivity index (χ2n) is 2.44. The normalized spacial score (nSPS) is 10.2. The molecule has 2 aromatic heterocycles. The SMILES string of the molecule is O=c1occ(Br)cc1-c1ccco1. The fourth-order valence-corrected chi connectivity index (χ4v) is 1.33. The molecular formula is C9H5BrO3. The van der Waals surface area contributed by atoms with Gasteiger partial charge in [-0.2, -0.15) is 0 Å². The number of rotatable bonds is 1. The Labute approximate surface area is 82.1 Å². The van der Waals surface area contributed by atoms with Gasteiger partial charge >= 0.3 is 5.63 Å². The summed E-state index contributed by atoms with van der Waals surface area (Å²) in [5, 5.41) is 0. The van der Waals surface area contributed by atoms with E-state index in [1.807, 2.05) is 0 Å². The summed E-state index contributed by atoms with van der Waals surface area (Å²) in [5.74, 6) is 0.509. The molecule has 0 amide bonds. The Bertz CT molecular complexity index is 456. The van der Waals surface area contributed by atoms with Crippen molar-refractivity contribution in [2.24, 2.45) is 0 Å². The van der Waals surface area contributed by atoms with Crippen LogP contribution in [0.1, 0.15) is 0 Å². The molecule has 0 spiro atoms. The summed E-state index contributed by atoms with van der Waals surface area (Å²) in [7, 11) is 0. The second kappa shape index (κ2) is 3.22. The van der Waals surface area contributed by atoms with Gasteiger partial charge in [-0.25, -0.2) is 4.79 Å². The Kier molecular flexibility index (Phi) is 2.06. The van der Waals surface area contributed by atoms with E-state index in [4.69, 9.17) is 8.83 Å². The first-order chi connectivity index (χ1) is 6.27. The fraction of sp³-hybridized carbons (Fsp3) is 0. The highest BCUT2D eigenvalue weighted by Gasteiger charge is 2.07. The quantitative estimate of drug-likeness (QED) is 0.770. The lowest BCUT2D eigenvalue weighted by molar-refractivity contribution is 0.503. The van der Waals surface area contributed by atoms with Crippen molar-refractivity contribution in [3.05, 3.63) is 45.6 Å². The molecule has 0 atom stereocenters. The molecule has 0 aromatic carbocycles. The summed E-state index contributed by atoms with van der Waals surface area (Å²) in [6.45, 7) is 0. The minimum Gasteiger partial charge on any atom is -0.464 e. The van der Waals surface area contributed by atoms with E-state index in [1.165, 1.54) is 12.5 Å². The molecule has 0 N–H and O–H groups in total. The third kappa shape index (κ3) is 1.58. The van der Waals surface area contributed by atoms with Gasteiger partial charge in [0, 0.05) is 0 Å². The van der Waals surface area contributed by atoms with Crippen LogP contribution in [0.25, 0.3) is 11.3 Å². The summed E-state index contributed by atoms with van der Waals surface area (Å²) in [6, 6.07) is 5.08. The van der Waals surface area contributed by atoms with Crippen molar-refractivity contribution in [1.82, 2.24) is 0 Å².